The van der Waals surface area contributed by atoms with Crippen LogP contribution in [-0.4, -0.2) is 22.5 Å². The van der Waals surface area contributed by atoms with Crippen LogP contribution in [0.1, 0.15) is 5.69 Å². The number of carbonyl (C=O) groups excluding carboxylic acids is 2. The van der Waals surface area contributed by atoms with Gasteiger partial charge < -0.3 is 9.88 Å². The van der Waals surface area contributed by atoms with Gasteiger partial charge in [0, 0.05) is 25.4 Å². The molecular formula is C9H11N3O2. The van der Waals surface area contributed by atoms with Gasteiger partial charge in [0.15, 0.2) is 0 Å². The molecule has 0 aliphatic carbocycles. The van der Waals surface area contributed by atoms with E-state index < -0.39 is 12.1 Å². The first-order valence-electron chi connectivity index (χ1n) is 4.38. The summed E-state index contributed by atoms with van der Waals surface area (Å²) in [7, 11) is 1.91. The first-order chi connectivity index (χ1) is 6.66. The molecule has 0 radical (unpaired) electrons. The van der Waals surface area contributed by atoms with Gasteiger partial charge in [0.25, 0.3) is 5.91 Å². The molecule has 1 atom stereocenters. The van der Waals surface area contributed by atoms with E-state index in [-0.39, 0.29) is 5.91 Å². The fourth-order valence-electron chi connectivity index (χ4n) is 1.52. The highest BCUT2D eigenvalue weighted by Gasteiger charge is 2.29. The number of urea groups is 1. The van der Waals surface area contributed by atoms with Gasteiger partial charge in [0.05, 0.1) is 0 Å². The number of nitrogens with one attached hydrogen (secondary N) is 2. The largest absolute Gasteiger partial charge is 0.354 e. The van der Waals surface area contributed by atoms with Crippen molar-refractivity contribution in [3.8, 4) is 0 Å². The first-order valence-corrected chi connectivity index (χ1v) is 4.38. The minimum atomic E-state index is -0.434. The van der Waals surface area contributed by atoms with Crippen molar-refractivity contribution in [2.45, 2.75) is 12.5 Å². The van der Waals surface area contributed by atoms with Crippen LogP contribution in [0.5, 0.6) is 0 Å². The lowest BCUT2D eigenvalue weighted by Gasteiger charge is -2.07. The minimum absolute atomic E-state index is 0.254. The zero-order valence-electron chi connectivity index (χ0n) is 7.78. The third-order valence-corrected chi connectivity index (χ3v) is 2.32. The first kappa shape index (κ1) is 8.80. The number of aryl methyl sites for hydroxylation is 1. The van der Waals surface area contributed by atoms with Gasteiger partial charge in [-0.25, -0.2) is 4.79 Å². The summed E-state index contributed by atoms with van der Waals surface area (Å²) in [6.45, 7) is 0. The Hall–Kier alpha value is -1.78. The Morgan fingerprint density at radius 2 is 2.29 bits per heavy atom. The third-order valence-electron chi connectivity index (χ3n) is 2.32. The second kappa shape index (κ2) is 3.17. The average Bonchev–Trinajstić information content (AvgIpc) is 2.62. The van der Waals surface area contributed by atoms with Crippen LogP contribution in [0.25, 0.3) is 0 Å². The van der Waals surface area contributed by atoms with Crippen LogP contribution in [0.2, 0.25) is 0 Å². The Balaban J connectivity index is 2.09. The Morgan fingerprint density at radius 3 is 2.79 bits per heavy atom. The van der Waals surface area contributed by atoms with Crippen molar-refractivity contribution >= 4 is 11.9 Å². The number of hydrogen-bond acceptors (Lipinski definition) is 2. The summed E-state index contributed by atoms with van der Waals surface area (Å²) in [5, 5.41) is 4.76. The molecule has 1 aliphatic heterocycles. The molecule has 2 N–H and O–H groups in total. The van der Waals surface area contributed by atoms with Crippen molar-refractivity contribution < 1.29 is 9.59 Å². The SMILES string of the molecule is Cn1cccc1CC1NC(=O)NC1=O. The van der Waals surface area contributed by atoms with Crippen LogP contribution < -0.4 is 10.6 Å². The fraction of sp³-hybridized carbons (Fsp3) is 0.333. The van der Waals surface area contributed by atoms with E-state index in [2.05, 4.69) is 10.6 Å². The van der Waals surface area contributed by atoms with Gasteiger partial charge in [-0.3, -0.25) is 10.1 Å². The van der Waals surface area contributed by atoms with Crippen molar-refractivity contribution in [1.29, 1.82) is 0 Å². The quantitative estimate of drug-likeness (QED) is 0.637. The molecule has 1 fully saturated rings. The molecule has 1 unspecified atom stereocenters. The van der Waals surface area contributed by atoms with Crippen molar-refractivity contribution in [2.75, 3.05) is 0 Å². The summed E-state index contributed by atoms with van der Waals surface area (Å²) in [6.07, 6.45) is 2.44. The second-order valence-corrected chi connectivity index (χ2v) is 3.33. The van der Waals surface area contributed by atoms with Crippen LogP contribution >= 0.6 is 0 Å². The second-order valence-electron chi connectivity index (χ2n) is 3.33. The van der Waals surface area contributed by atoms with Crippen LogP contribution in [-0.2, 0) is 18.3 Å². The average molecular weight is 193 g/mol. The lowest BCUT2D eigenvalue weighted by molar-refractivity contribution is -0.120. The molecule has 0 spiro atoms. The molecule has 1 saturated heterocycles. The molecule has 1 aromatic rings. The van der Waals surface area contributed by atoms with Crippen molar-refractivity contribution in [2.24, 2.45) is 7.05 Å². The molecule has 5 nitrogen and oxygen atoms in total. The molecule has 2 heterocycles. The van der Waals surface area contributed by atoms with E-state index in [0.717, 1.165) is 5.69 Å². The Bertz CT molecular complexity index is 383. The molecule has 5 heteroatoms. The Kier molecular flexibility index (Phi) is 1.99. The maximum absolute atomic E-state index is 11.2. The standard InChI is InChI=1S/C9H11N3O2/c1-12-4-2-3-6(12)5-7-8(13)11-9(14)10-7/h2-4,7H,5H2,1H3,(H2,10,11,13,14). The topological polar surface area (TPSA) is 63.1 Å². The molecule has 14 heavy (non-hydrogen) atoms. The van der Waals surface area contributed by atoms with Crippen LogP contribution in [0.3, 0.4) is 0 Å². The van der Waals surface area contributed by atoms with Gasteiger partial charge in [-0.1, -0.05) is 0 Å². The number of amides is 3. The van der Waals surface area contributed by atoms with Crippen molar-refractivity contribution in [1.82, 2.24) is 15.2 Å². The van der Waals surface area contributed by atoms with Crippen LogP contribution in [0.15, 0.2) is 18.3 Å². The Morgan fingerprint density at radius 1 is 1.50 bits per heavy atom. The van der Waals surface area contributed by atoms with E-state index in [4.69, 9.17) is 0 Å². The highest BCUT2D eigenvalue weighted by molar-refractivity contribution is 6.04. The minimum Gasteiger partial charge on any atom is -0.354 e. The molecule has 3 amide bonds. The van der Waals surface area contributed by atoms with Crippen LogP contribution in [0, 0.1) is 0 Å². The number of aromatic nitrogens is 1. The van der Waals surface area contributed by atoms with Crippen molar-refractivity contribution in [3.05, 3.63) is 24.0 Å². The van der Waals surface area contributed by atoms with Gasteiger partial charge in [-0.2, -0.15) is 0 Å². The summed E-state index contributed by atoms with van der Waals surface area (Å²) in [5.41, 5.74) is 1.02. The molecular weight excluding hydrogens is 182 g/mol. The third kappa shape index (κ3) is 1.48. The molecule has 2 rings (SSSR count). The Labute approximate surface area is 81.1 Å². The van der Waals surface area contributed by atoms with E-state index in [1.807, 2.05) is 29.9 Å². The smallest absolute Gasteiger partial charge is 0.322 e. The van der Waals surface area contributed by atoms with E-state index in [1.54, 1.807) is 0 Å². The van der Waals surface area contributed by atoms with E-state index in [0.29, 0.717) is 6.42 Å². The summed E-state index contributed by atoms with van der Waals surface area (Å²) < 4.78 is 1.93. The summed E-state index contributed by atoms with van der Waals surface area (Å²) in [5.74, 6) is -0.254. The zero-order valence-corrected chi connectivity index (χ0v) is 7.78. The molecule has 0 aromatic carbocycles. The lowest BCUT2D eigenvalue weighted by atomic mass is 10.1. The van der Waals surface area contributed by atoms with Gasteiger partial charge in [-0.15, -0.1) is 0 Å². The number of imide groups is 1. The molecule has 1 aliphatic rings. The fourth-order valence-corrected chi connectivity index (χ4v) is 1.52. The summed E-state index contributed by atoms with van der Waals surface area (Å²) in [4.78, 5) is 22.0. The van der Waals surface area contributed by atoms with Crippen molar-refractivity contribution in [3.63, 3.8) is 0 Å². The zero-order chi connectivity index (χ0) is 10.1. The number of hydrogen-bond donors (Lipinski definition) is 2. The van der Waals surface area contributed by atoms with E-state index >= 15 is 0 Å². The highest BCUT2D eigenvalue weighted by Crippen LogP contribution is 2.06. The van der Waals surface area contributed by atoms with Gasteiger partial charge in [-0.05, 0) is 12.1 Å². The molecule has 1 aromatic heterocycles. The maximum Gasteiger partial charge on any atom is 0.322 e. The number of carbonyl (C=O) groups is 2. The van der Waals surface area contributed by atoms with Gasteiger partial charge in [0.2, 0.25) is 0 Å². The predicted octanol–water partition coefficient (Wildman–Crippen LogP) is -0.224. The van der Waals surface area contributed by atoms with Gasteiger partial charge in [0.1, 0.15) is 6.04 Å². The van der Waals surface area contributed by atoms with E-state index in [1.165, 1.54) is 0 Å². The lowest BCUT2D eigenvalue weighted by Crippen LogP contribution is -2.31. The highest BCUT2D eigenvalue weighted by atomic mass is 16.2. The van der Waals surface area contributed by atoms with E-state index in [9.17, 15) is 9.59 Å². The molecule has 74 valence electrons. The number of nitrogens with zero attached hydrogens (tertiary/aromatic N) is 1. The summed E-state index contributed by atoms with van der Waals surface area (Å²) in [6, 6.07) is 2.99. The van der Waals surface area contributed by atoms with Gasteiger partial charge >= 0.3 is 6.03 Å². The molecule has 0 saturated carbocycles. The monoisotopic (exact) mass is 193 g/mol. The normalized spacial score (nSPS) is 20.8. The summed E-state index contributed by atoms with van der Waals surface area (Å²) >= 11 is 0. The number of rotatable bonds is 2. The predicted molar refractivity (Wildman–Crippen MR) is 49.6 cm³/mol. The van der Waals surface area contributed by atoms with Crippen LogP contribution in [0.4, 0.5) is 4.79 Å². The maximum atomic E-state index is 11.2. The molecule has 0 bridgehead atoms.